The van der Waals surface area contributed by atoms with Gasteiger partial charge in [0.25, 0.3) is 0 Å². The molecule has 1 aliphatic rings. The summed E-state index contributed by atoms with van der Waals surface area (Å²) in [5.74, 6) is 7.06. The zero-order chi connectivity index (χ0) is 27.1. The van der Waals surface area contributed by atoms with Crippen LogP contribution >= 0.6 is 0 Å². The van der Waals surface area contributed by atoms with E-state index in [1.165, 1.54) is 5.01 Å². The highest BCUT2D eigenvalue weighted by molar-refractivity contribution is 6.08. The third kappa shape index (κ3) is 4.71. The fourth-order valence-corrected chi connectivity index (χ4v) is 4.76. The van der Waals surface area contributed by atoms with Gasteiger partial charge in [-0.1, -0.05) is 36.4 Å². The Labute approximate surface area is 225 Å². The van der Waals surface area contributed by atoms with Gasteiger partial charge >= 0.3 is 6.02 Å². The molecule has 0 amide bonds. The number of nitrogen functional groups attached to an aromatic ring is 2. The first-order valence-electron chi connectivity index (χ1n) is 12.6. The first-order chi connectivity index (χ1) is 18.9. The monoisotopic (exact) mass is 516 g/mol. The predicted octanol–water partition coefficient (Wildman–Crippen LogP) is 4.77. The minimum Gasteiger partial charge on any atom is -0.459 e. The first kappa shape index (κ1) is 24.3. The maximum absolute atomic E-state index is 6.59. The van der Waals surface area contributed by atoms with Gasteiger partial charge in [0, 0.05) is 39.1 Å². The number of benzene rings is 3. The van der Waals surface area contributed by atoms with E-state index in [0.29, 0.717) is 23.8 Å². The van der Waals surface area contributed by atoms with E-state index in [4.69, 9.17) is 32.0 Å². The Balaban J connectivity index is 1.44. The SMILES string of the molecule is Cc1cc(N)c2cc(C3=NC(c4ccc5nc(C)cc(N)c5c4)N(N)C(OCc4ccccc4)=N3)ccc2n1. The topological polar surface area (TPSA) is 141 Å². The second-order valence-electron chi connectivity index (χ2n) is 9.62. The molecule has 2 aromatic heterocycles. The zero-order valence-corrected chi connectivity index (χ0v) is 21.7. The van der Waals surface area contributed by atoms with Crippen LogP contribution in [0.15, 0.2) is 88.8 Å². The summed E-state index contributed by atoms with van der Waals surface area (Å²) in [6.07, 6.45) is -0.613. The van der Waals surface area contributed by atoms with Crippen LogP contribution in [-0.2, 0) is 11.3 Å². The molecule has 6 N–H and O–H groups in total. The van der Waals surface area contributed by atoms with Crippen molar-refractivity contribution in [1.29, 1.82) is 0 Å². The highest BCUT2D eigenvalue weighted by Crippen LogP contribution is 2.31. The average Bonchev–Trinajstić information content (AvgIpc) is 2.93. The number of aromatic nitrogens is 2. The number of hydrogen-bond acceptors (Lipinski definition) is 9. The van der Waals surface area contributed by atoms with Crippen LogP contribution in [0, 0.1) is 13.8 Å². The summed E-state index contributed by atoms with van der Waals surface area (Å²) < 4.78 is 6.13. The number of nitrogens with two attached hydrogens (primary N) is 3. The molecule has 1 unspecified atom stereocenters. The average molecular weight is 517 g/mol. The van der Waals surface area contributed by atoms with Crippen molar-refractivity contribution < 1.29 is 4.74 Å². The molecule has 0 spiro atoms. The first-order valence-corrected chi connectivity index (χ1v) is 12.6. The van der Waals surface area contributed by atoms with Gasteiger partial charge in [-0.25, -0.2) is 15.8 Å². The van der Waals surface area contributed by atoms with Crippen molar-refractivity contribution in [2.24, 2.45) is 15.8 Å². The molecule has 0 radical (unpaired) electrons. The Morgan fingerprint density at radius 3 is 2.13 bits per heavy atom. The molecule has 3 heterocycles. The number of fused-ring (bicyclic) bond motifs is 2. The number of nitrogens with zero attached hydrogens (tertiary/aromatic N) is 5. The largest absolute Gasteiger partial charge is 0.459 e. The maximum Gasteiger partial charge on any atom is 0.311 e. The Hall–Kier alpha value is -5.02. The molecule has 0 bridgehead atoms. The van der Waals surface area contributed by atoms with E-state index in [1.54, 1.807) is 0 Å². The summed E-state index contributed by atoms with van der Waals surface area (Å²) in [5.41, 5.74) is 19.9. The predicted molar refractivity (Wildman–Crippen MR) is 156 cm³/mol. The van der Waals surface area contributed by atoms with E-state index >= 15 is 0 Å². The summed E-state index contributed by atoms with van der Waals surface area (Å²) in [6, 6.07) is 25.4. The molecule has 0 saturated heterocycles. The van der Waals surface area contributed by atoms with E-state index in [2.05, 4.69) is 9.97 Å². The minimum atomic E-state index is -0.613. The molecule has 0 aliphatic carbocycles. The van der Waals surface area contributed by atoms with E-state index in [0.717, 1.165) is 49.9 Å². The highest BCUT2D eigenvalue weighted by Gasteiger charge is 2.28. The smallest absolute Gasteiger partial charge is 0.311 e. The Morgan fingerprint density at radius 1 is 0.795 bits per heavy atom. The molecular formula is C30H28N8O. The lowest BCUT2D eigenvalue weighted by molar-refractivity contribution is 0.191. The number of anilines is 2. The van der Waals surface area contributed by atoms with Crippen LogP contribution < -0.4 is 17.3 Å². The fraction of sp³-hybridized carbons (Fsp3) is 0.133. The van der Waals surface area contributed by atoms with Gasteiger partial charge in [0.05, 0.1) is 11.0 Å². The molecule has 1 atom stereocenters. The quantitative estimate of drug-likeness (QED) is 0.292. The molecule has 9 heteroatoms. The maximum atomic E-state index is 6.59. The lowest BCUT2D eigenvalue weighted by Gasteiger charge is -2.30. The summed E-state index contributed by atoms with van der Waals surface area (Å²) in [5, 5.41) is 3.10. The van der Waals surface area contributed by atoms with Crippen molar-refractivity contribution in [3.63, 3.8) is 0 Å². The van der Waals surface area contributed by atoms with Crippen molar-refractivity contribution in [2.45, 2.75) is 26.6 Å². The van der Waals surface area contributed by atoms with Gasteiger partial charge in [0.1, 0.15) is 6.61 Å². The summed E-state index contributed by atoms with van der Waals surface area (Å²) in [7, 11) is 0. The van der Waals surface area contributed by atoms with Gasteiger partial charge in [0.2, 0.25) is 0 Å². The van der Waals surface area contributed by atoms with E-state index in [-0.39, 0.29) is 6.02 Å². The number of rotatable bonds is 4. The molecule has 5 aromatic rings. The molecule has 6 rings (SSSR count). The van der Waals surface area contributed by atoms with E-state index < -0.39 is 6.17 Å². The van der Waals surface area contributed by atoms with Crippen LogP contribution in [0.3, 0.4) is 0 Å². The van der Waals surface area contributed by atoms with Gasteiger partial charge in [-0.05, 0) is 67.4 Å². The Morgan fingerprint density at radius 2 is 1.44 bits per heavy atom. The number of pyridine rings is 2. The standard InChI is InChI=1S/C30H28N8O/c1-17-12-24(31)22-14-20(8-10-26(22)34-17)28-36-29(21-9-11-27-23(15-21)25(32)13-18(2)35-27)38(33)30(37-28)39-16-19-6-4-3-5-7-19/h3-15,29H,16,33H2,1-2H3,(H2,31,34)(H2,32,35). The lowest BCUT2D eigenvalue weighted by atomic mass is 10.1. The number of aryl methyl sites for hydroxylation is 2. The van der Waals surface area contributed by atoms with Crippen molar-refractivity contribution in [3.05, 3.63) is 107 Å². The molecule has 1 aliphatic heterocycles. The van der Waals surface area contributed by atoms with E-state index in [1.807, 2.05) is 92.7 Å². The van der Waals surface area contributed by atoms with Crippen LogP contribution in [0.2, 0.25) is 0 Å². The lowest BCUT2D eigenvalue weighted by Crippen LogP contribution is -2.44. The normalized spacial score (nSPS) is 15.4. The van der Waals surface area contributed by atoms with Crippen LogP contribution in [0.1, 0.15) is 34.2 Å². The van der Waals surface area contributed by atoms with Gasteiger partial charge in [-0.2, -0.15) is 4.99 Å². The number of aliphatic imine (C=N–C) groups is 2. The van der Waals surface area contributed by atoms with Crippen LogP contribution in [0.25, 0.3) is 21.8 Å². The molecule has 3 aromatic carbocycles. The second-order valence-corrected chi connectivity index (χ2v) is 9.62. The summed E-state index contributed by atoms with van der Waals surface area (Å²) in [6.45, 7) is 4.14. The van der Waals surface area contributed by atoms with Gasteiger partial charge in [0.15, 0.2) is 12.0 Å². The van der Waals surface area contributed by atoms with Crippen molar-refractivity contribution in [3.8, 4) is 0 Å². The second kappa shape index (κ2) is 9.70. The van der Waals surface area contributed by atoms with Crippen LogP contribution in [0.5, 0.6) is 0 Å². The minimum absolute atomic E-state index is 0.249. The number of ether oxygens (including phenoxy) is 1. The van der Waals surface area contributed by atoms with Crippen molar-refractivity contribution >= 4 is 45.0 Å². The number of amidine groups is 2. The van der Waals surface area contributed by atoms with Crippen molar-refractivity contribution in [2.75, 3.05) is 11.5 Å². The molecule has 194 valence electrons. The molecule has 9 nitrogen and oxygen atoms in total. The van der Waals surface area contributed by atoms with E-state index in [9.17, 15) is 0 Å². The van der Waals surface area contributed by atoms with Crippen LogP contribution in [0.4, 0.5) is 11.4 Å². The highest BCUT2D eigenvalue weighted by atomic mass is 16.5. The zero-order valence-electron chi connectivity index (χ0n) is 21.7. The molecular weight excluding hydrogens is 488 g/mol. The Kier molecular flexibility index (Phi) is 6.05. The molecule has 39 heavy (non-hydrogen) atoms. The summed E-state index contributed by atoms with van der Waals surface area (Å²) >= 11 is 0. The van der Waals surface area contributed by atoms with Gasteiger partial charge in [-0.3, -0.25) is 9.97 Å². The van der Waals surface area contributed by atoms with Crippen molar-refractivity contribution in [1.82, 2.24) is 15.0 Å². The third-order valence-electron chi connectivity index (χ3n) is 6.66. The Bertz CT molecular complexity index is 1780. The van der Waals surface area contributed by atoms with Crippen LogP contribution in [-0.4, -0.2) is 26.8 Å². The summed E-state index contributed by atoms with van der Waals surface area (Å²) in [4.78, 5) is 18.9. The van der Waals surface area contributed by atoms with Gasteiger partial charge < -0.3 is 16.2 Å². The fourth-order valence-electron chi connectivity index (χ4n) is 4.76. The van der Waals surface area contributed by atoms with Gasteiger partial charge in [-0.15, -0.1) is 0 Å². The number of hydrazine groups is 1. The molecule has 0 saturated carbocycles. The number of hydrogen-bond donors (Lipinski definition) is 3. The third-order valence-corrected chi connectivity index (χ3v) is 6.66. The molecule has 0 fully saturated rings.